The number of benzene rings is 2. The lowest BCUT2D eigenvalue weighted by atomic mass is 10.1. The van der Waals surface area contributed by atoms with Crippen molar-refractivity contribution in [1.29, 1.82) is 0 Å². The summed E-state index contributed by atoms with van der Waals surface area (Å²) in [6.07, 6.45) is 2.97. The Morgan fingerprint density at radius 3 is 2.34 bits per heavy atom. The summed E-state index contributed by atoms with van der Waals surface area (Å²) in [4.78, 5) is 25.0. The zero-order valence-corrected chi connectivity index (χ0v) is 25.5. The highest BCUT2D eigenvalue weighted by Gasteiger charge is 2.22. The summed E-state index contributed by atoms with van der Waals surface area (Å²) in [5.41, 5.74) is 1.60. The zero-order valence-electron chi connectivity index (χ0n) is 24.6. The van der Waals surface area contributed by atoms with Crippen molar-refractivity contribution >= 4 is 31.8 Å². The van der Waals surface area contributed by atoms with Gasteiger partial charge in [0.25, 0.3) is 0 Å². The molecule has 0 unspecified atom stereocenters. The molecule has 2 aromatic rings. The highest BCUT2D eigenvalue weighted by atomic mass is 31.2. The molecule has 0 aliphatic rings. The van der Waals surface area contributed by atoms with E-state index in [4.69, 9.17) is 23.3 Å². The van der Waals surface area contributed by atoms with Crippen LogP contribution in [0.3, 0.4) is 0 Å². The molecule has 0 aromatic heterocycles. The van der Waals surface area contributed by atoms with Crippen molar-refractivity contribution in [3.05, 3.63) is 77.6 Å². The van der Waals surface area contributed by atoms with Crippen molar-refractivity contribution in [2.24, 2.45) is 0 Å². The minimum Gasteiger partial charge on any atom is -0.491 e. The van der Waals surface area contributed by atoms with Gasteiger partial charge in [-0.15, -0.1) is 0 Å². The van der Waals surface area contributed by atoms with Gasteiger partial charge in [0.1, 0.15) is 24.6 Å². The average Bonchev–Trinajstić information content (AvgIpc) is 2.92. The van der Waals surface area contributed by atoms with E-state index in [1.54, 1.807) is 58.9 Å². The molecule has 9 nitrogen and oxygen atoms in total. The molecule has 0 bridgehead atoms. The van der Waals surface area contributed by atoms with E-state index in [0.717, 1.165) is 11.1 Å². The molecule has 224 valence electrons. The van der Waals surface area contributed by atoms with E-state index in [0.29, 0.717) is 11.3 Å². The second-order valence-electron chi connectivity index (χ2n) is 10.0. The summed E-state index contributed by atoms with van der Waals surface area (Å²) in [5.74, 6) is 1.46. The van der Waals surface area contributed by atoms with Gasteiger partial charge < -0.3 is 28.6 Å². The lowest BCUT2D eigenvalue weighted by molar-refractivity contribution is -0.145. The summed E-state index contributed by atoms with van der Waals surface area (Å²) in [6, 6.07) is 14.2. The van der Waals surface area contributed by atoms with E-state index < -0.39 is 31.3 Å². The SMILES string of the molecule is C=Cc1ccc(C=CP(=O)(OCC)OCC)c(OC[C@H](CCC(=O)OCc2ccccc2)NC(=O)OC(C)(C)C)c1. The predicted molar refractivity (Wildman–Crippen MR) is 161 cm³/mol. The van der Waals surface area contributed by atoms with Crippen LogP contribution in [0.2, 0.25) is 0 Å². The molecular weight excluding hydrogens is 545 g/mol. The molecule has 10 heteroatoms. The van der Waals surface area contributed by atoms with E-state index in [1.807, 2.05) is 36.4 Å². The van der Waals surface area contributed by atoms with Gasteiger partial charge in [-0.1, -0.05) is 55.1 Å². The Hall–Kier alpha value is -3.39. The third kappa shape index (κ3) is 13.2. The van der Waals surface area contributed by atoms with E-state index in [2.05, 4.69) is 11.9 Å². The number of rotatable bonds is 16. The number of hydrogen-bond acceptors (Lipinski definition) is 8. The molecule has 1 N–H and O–H groups in total. The quantitative estimate of drug-likeness (QED) is 0.160. The third-order valence-electron chi connectivity index (χ3n) is 5.43. The Balaban J connectivity index is 2.17. The van der Waals surface area contributed by atoms with Crippen LogP contribution in [0.15, 0.2) is 60.9 Å². The van der Waals surface area contributed by atoms with Crippen LogP contribution in [-0.2, 0) is 34.5 Å². The summed E-state index contributed by atoms with van der Waals surface area (Å²) in [5, 5.41) is 2.79. The second-order valence-corrected chi connectivity index (χ2v) is 11.9. The minimum atomic E-state index is -3.43. The van der Waals surface area contributed by atoms with Crippen molar-refractivity contribution in [3.8, 4) is 5.75 Å². The number of ether oxygens (including phenoxy) is 3. The van der Waals surface area contributed by atoms with Gasteiger partial charge in [0.2, 0.25) is 0 Å². The summed E-state index contributed by atoms with van der Waals surface area (Å²) in [6.45, 7) is 13.2. The number of nitrogens with one attached hydrogen (secondary N) is 1. The number of alkyl carbamates (subject to hydrolysis) is 1. The van der Waals surface area contributed by atoms with Crippen LogP contribution in [-0.4, -0.2) is 43.5 Å². The highest BCUT2D eigenvalue weighted by Crippen LogP contribution is 2.50. The molecule has 1 amide bonds. The van der Waals surface area contributed by atoms with E-state index in [1.165, 1.54) is 5.82 Å². The van der Waals surface area contributed by atoms with Crippen LogP contribution in [0.1, 0.15) is 64.2 Å². The topological polar surface area (TPSA) is 109 Å². The molecule has 0 radical (unpaired) electrons. The van der Waals surface area contributed by atoms with Crippen LogP contribution in [0, 0.1) is 0 Å². The molecule has 0 spiro atoms. The number of amides is 1. The standard InChI is InChI=1S/C31H42NO8P/c1-7-24-15-16-26(19-20-41(35,38-8-2)39-9-3)28(21-24)36-23-27(32-30(34)40-31(4,5)6)17-18-29(33)37-22-25-13-11-10-12-14-25/h7,10-16,19-21,27H,1,8-9,17-18,22-23H2,2-6H3,(H,32,34)/t27-/m0/s1. The molecule has 0 saturated heterocycles. The van der Waals surface area contributed by atoms with Gasteiger partial charge in [-0.2, -0.15) is 0 Å². The van der Waals surface area contributed by atoms with Crippen molar-refractivity contribution < 1.29 is 37.4 Å². The Morgan fingerprint density at radius 2 is 1.73 bits per heavy atom. The number of carbonyl (C=O) groups excluding carboxylic acids is 2. The fourth-order valence-electron chi connectivity index (χ4n) is 3.56. The van der Waals surface area contributed by atoms with Crippen molar-refractivity contribution in [3.63, 3.8) is 0 Å². The van der Waals surface area contributed by atoms with Gasteiger partial charge in [0.05, 0.1) is 19.3 Å². The van der Waals surface area contributed by atoms with Gasteiger partial charge in [-0.3, -0.25) is 9.36 Å². The van der Waals surface area contributed by atoms with E-state index in [9.17, 15) is 14.2 Å². The van der Waals surface area contributed by atoms with Crippen LogP contribution < -0.4 is 10.1 Å². The van der Waals surface area contributed by atoms with E-state index >= 15 is 0 Å². The maximum atomic E-state index is 12.9. The largest absolute Gasteiger partial charge is 0.491 e. The smallest absolute Gasteiger partial charge is 0.407 e. The Labute approximate surface area is 243 Å². The maximum Gasteiger partial charge on any atom is 0.407 e. The normalized spacial score (nSPS) is 12.5. The van der Waals surface area contributed by atoms with E-state index in [-0.39, 0.29) is 39.3 Å². The fraction of sp³-hybridized carbons (Fsp3) is 0.419. The molecule has 0 aliphatic carbocycles. The summed E-state index contributed by atoms with van der Waals surface area (Å²) < 4.78 is 40.5. The maximum absolute atomic E-state index is 12.9. The molecular formula is C31H42NO8P. The van der Waals surface area contributed by atoms with Crippen molar-refractivity contribution in [1.82, 2.24) is 5.32 Å². The molecule has 0 aliphatic heterocycles. The second kappa shape index (κ2) is 16.8. The van der Waals surface area contributed by atoms with Crippen LogP contribution >= 0.6 is 7.60 Å². The highest BCUT2D eigenvalue weighted by molar-refractivity contribution is 7.57. The number of esters is 1. The van der Waals surface area contributed by atoms with Gasteiger partial charge in [-0.25, -0.2) is 4.79 Å². The first-order valence-electron chi connectivity index (χ1n) is 13.6. The molecule has 0 heterocycles. The van der Waals surface area contributed by atoms with Gasteiger partial charge in [-0.05, 0) is 64.3 Å². The minimum absolute atomic E-state index is 0.0290. The van der Waals surface area contributed by atoms with Gasteiger partial charge >= 0.3 is 19.7 Å². The molecule has 2 aromatic carbocycles. The van der Waals surface area contributed by atoms with Crippen molar-refractivity contribution in [2.45, 2.75) is 65.7 Å². The first-order chi connectivity index (χ1) is 19.5. The lowest BCUT2D eigenvalue weighted by Crippen LogP contribution is -2.42. The van der Waals surface area contributed by atoms with Crippen LogP contribution in [0.5, 0.6) is 5.75 Å². The fourth-order valence-corrected chi connectivity index (χ4v) is 4.87. The lowest BCUT2D eigenvalue weighted by Gasteiger charge is -2.24. The predicted octanol–water partition coefficient (Wildman–Crippen LogP) is 7.36. The Kier molecular flexibility index (Phi) is 13.8. The molecule has 2 rings (SSSR count). The van der Waals surface area contributed by atoms with Crippen LogP contribution in [0.25, 0.3) is 12.2 Å². The summed E-state index contributed by atoms with van der Waals surface area (Å²) >= 11 is 0. The average molecular weight is 588 g/mol. The monoisotopic (exact) mass is 587 g/mol. The summed E-state index contributed by atoms with van der Waals surface area (Å²) in [7, 11) is -3.43. The Bertz CT molecular complexity index is 1200. The molecule has 1 atom stereocenters. The molecule has 0 fully saturated rings. The number of carbonyl (C=O) groups is 2. The molecule has 41 heavy (non-hydrogen) atoms. The Morgan fingerprint density at radius 1 is 1.05 bits per heavy atom. The van der Waals surface area contributed by atoms with Gasteiger partial charge in [0.15, 0.2) is 0 Å². The van der Waals surface area contributed by atoms with Crippen molar-refractivity contribution in [2.75, 3.05) is 19.8 Å². The molecule has 0 saturated carbocycles. The third-order valence-corrected chi connectivity index (χ3v) is 7.18. The van der Waals surface area contributed by atoms with Gasteiger partial charge in [0, 0.05) is 17.8 Å². The first kappa shape index (κ1) is 33.8. The number of hydrogen-bond donors (Lipinski definition) is 1. The van der Waals surface area contributed by atoms with Crippen LogP contribution in [0.4, 0.5) is 4.79 Å². The zero-order chi connectivity index (χ0) is 30.3. The first-order valence-corrected chi connectivity index (χ1v) is 15.2.